The highest BCUT2D eigenvalue weighted by Crippen LogP contribution is 2.34. The number of nitrogens with two attached hydrogens (primary N) is 1. The van der Waals surface area contributed by atoms with Gasteiger partial charge in [0.1, 0.15) is 28.2 Å². The highest BCUT2D eigenvalue weighted by atomic mass is 16.5. The van der Waals surface area contributed by atoms with E-state index >= 15 is 0 Å². The van der Waals surface area contributed by atoms with Crippen LogP contribution in [0.15, 0.2) is 18.5 Å². The standard InChI is InChI=1S/C13H12N4O3/c1-2-20-13(19)8-6-5-7(18)10-11(16-4-3-15-10)9(6)17-12(8)14/h3-5,17-18H,2,14H2,1H3. The first-order valence-corrected chi connectivity index (χ1v) is 6.04. The van der Waals surface area contributed by atoms with Crippen LogP contribution in [0.2, 0.25) is 0 Å². The van der Waals surface area contributed by atoms with Gasteiger partial charge in [-0.05, 0) is 13.0 Å². The molecule has 0 saturated carbocycles. The highest BCUT2D eigenvalue weighted by molar-refractivity contribution is 6.16. The maximum atomic E-state index is 11.9. The molecule has 0 aliphatic heterocycles. The van der Waals surface area contributed by atoms with Gasteiger partial charge in [0.25, 0.3) is 0 Å². The number of fused-ring (bicyclic) bond motifs is 3. The molecule has 7 nitrogen and oxygen atoms in total. The lowest BCUT2D eigenvalue weighted by Crippen LogP contribution is -2.06. The zero-order valence-corrected chi connectivity index (χ0v) is 10.7. The van der Waals surface area contributed by atoms with Gasteiger partial charge in [-0.25, -0.2) is 9.78 Å². The SMILES string of the molecule is CCOC(=O)c1c(N)[nH]c2c1cc(O)c1nccnc12. The summed E-state index contributed by atoms with van der Waals surface area (Å²) < 4.78 is 4.97. The fraction of sp³-hybridized carbons (Fsp3) is 0.154. The first-order chi connectivity index (χ1) is 9.63. The predicted molar refractivity (Wildman–Crippen MR) is 73.4 cm³/mol. The molecule has 0 fully saturated rings. The Balaban J connectivity index is 2.39. The molecule has 102 valence electrons. The van der Waals surface area contributed by atoms with Gasteiger partial charge in [-0.1, -0.05) is 0 Å². The van der Waals surface area contributed by atoms with E-state index in [1.54, 1.807) is 6.92 Å². The van der Waals surface area contributed by atoms with Crippen molar-refractivity contribution in [2.45, 2.75) is 6.92 Å². The number of anilines is 1. The number of hydrogen-bond acceptors (Lipinski definition) is 6. The van der Waals surface area contributed by atoms with Crippen molar-refractivity contribution < 1.29 is 14.6 Å². The molecule has 0 bridgehead atoms. The van der Waals surface area contributed by atoms with E-state index in [4.69, 9.17) is 10.5 Å². The number of aromatic hydroxyl groups is 1. The van der Waals surface area contributed by atoms with Gasteiger partial charge in [-0.3, -0.25) is 4.98 Å². The van der Waals surface area contributed by atoms with E-state index < -0.39 is 5.97 Å². The molecule has 0 unspecified atom stereocenters. The number of ether oxygens (including phenoxy) is 1. The van der Waals surface area contributed by atoms with Gasteiger partial charge in [-0.15, -0.1) is 0 Å². The van der Waals surface area contributed by atoms with Crippen LogP contribution in [0.25, 0.3) is 21.9 Å². The summed E-state index contributed by atoms with van der Waals surface area (Å²) in [6, 6.07) is 1.44. The minimum absolute atomic E-state index is 0.0647. The molecule has 0 aliphatic rings. The van der Waals surface area contributed by atoms with Gasteiger partial charge in [0.05, 0.1) is 12.1 Å². The van der Waals surface area contributed by atoms with Gasteiger partial charge >= 0.3 is 5.97 Å². The molecule has 0 saturated heterocycles. The average molecular weight is 272 g/mol. The first kappa shape index (κ1) is 12.2. The van der Waals surface area contributed by atoms with E-state index in [-0.39, 0.29) is 23.7 Å². The van der Waals surface area contributed by atoms with Gasteiger partial charge in [0.15, 0.2) is 0 Å². The number of esters is 1. The van der Waals surface area contributed by atoms with Gasteiger partial charge in [0, 0.05) is 17.8 Å². The Bertz CT molecular complexity index is 825. The third-order valence-electron chi connectivity index (χ3n) is 3.01. The van der Waals surface area contributed by atoms with Crippen molar-refractivity contribution in [3.8, 4) is 5.75 Å². The molecule has 20 heavy (non-hydrogen) atoms. The summed E-state index contributed by atoms with van der Waals surface area (Å²) in [6.07, 6.45) is 2.98. The lowest BCUT2D eigenvalue weighted by molar-refractivity contribution is 0.0530. The monoisotopic (exact) mass is 272 g/mol. The normalized spacial score (nSPS) is 11.1. The molecule has 1 aromatic carbocycles. The Morgan fingerprint density at radius 2 is 2.10 bits per heavy atom. The van der Waals surface area contributed by atoms with Crippen molar-refractivity contribution in [1.29, 1.82) is 0 Å². The van der Waals surface area contributed by atoms with E-state index in [2.05, 4.69) is 15.0 Å². The molecule has 0 aliphatic carbocycles. The summed E-state index contributed by atoms with van der Waals surface area (Å²) >= 11 is 0. The third kappa shape index (κ3) is 1.63. The quantitative estimate of drug-likeness (QED) is 0.610. The largest absolute Gasteiger partial charge is 0.506 e. The Morgan fingerprint density at radius 1 is 1.40 bits per heavy atom. The zero-order valence-electron chi connectivity index (χ0n) is 10.7. The maximum Gasteiger partial charge on any atom is 0.342 e. The minimum Gasteiger partial charge on any atom is -0.506 e. The van der Waals surface area contributed by atoms with E-state index in [0.29, 0.717) is 21.9 Å². The van der Waals surface area contributed by atoms with Crippen LogP contribution in [0, 0.1) is 0 Å². The Labute approximate surface area is 113 Å². The summed E-state index contributed by atoms with van der Waals surface area (Å²) in [5.74, 6) is -0.431. The molecular formula is C13H12N4O3. The van der Waals surface area contributed by atoms with E-state index in [9.17, 15) is 9.90 Å². The third-order valence-corrected chi connectivity index (χ3v) is 3.01. The number of nitrogen functional groups attached to an aromatic ring is 1. The molecule has 7 heteroatoms. The van der Waals surface area contributed by atoms with Crippen LogP contribution >= 0.6 is 0 Å². The molecule has 0 amide bonds. The molecule has 2 aromatic heterocycles. The summed E-state index contributed by atoms with van der Waals surface area (Å²) in [6.45, 7) is 1.95. The number of nitrogens with one attached hydrogen (secondary N) is 1. The second-order valence-electron chi connectivity index (χ2n) is 4.21. The lowest BCUT2D eigenvalue weighted by atomic mass is 10.1. The average Bonchev–Trinajstić information content (AvgIpc) is 2.76. The number of carbonyl (C=O) groups is 1. The van der Waals surface area contributed by atoms with Crippen molar-refractivity contribution in [1.82, 2.24) is 15.0 Å². The molecule has 0 spiro atoms. The van der Waals surface area contributed by atoms with Crippen LogP contribution in [-0.2, 0) is 4.74 Å². The minimum atomic E-state index is -0.543. The number of nitrogens with zero attached hydrogens (tertiary/aromatic N) is 2. The topological polar surface area (TPSA) is 114 Å². The second kappa shape index (κ2) is 4.37. The molecule has 2 heterocycles. The molecule has 3 aromatic rings. The number of aromatic amines is 1. The van der Waals surface area contributed by atoms with Crippen molar-refractivity contribution in [3.63, 3.8) is 0 Å². The predicted octanol–water partition coefficient (Wildman–Crippen LogP) is 1.58. The molecule has 3 rings (SSSR count). The van der Waals surface area contributed by atoms with Crippen LogP contribution in [-0.4, -0.2) is 32.6 Å². The Hall–Kier alpha value is -2.83. The number of aromatic nitrogens is 3. The number of carbonyl (C=O) groups excluding carboxylic acids is 1. The van der Waals surface area contributed by atoms with Gasteiger partial charge in [0.2, 0.25) is 0 Å². The van der Waals surface area contributed by atoms with Crippen LogP contribution in [0.5, 0.6) is 5.75 Å². The molecule has 0 atom stereocenters. The zero-order chi connectivity index (χ0) is 14.3. The fourth-order valence-corrected chi connectivity index (χ4v) is 2.20. The van der Waals surface area contributed by atoms with E-state index in [1.165, 1.54) is 18.5 Å². The van der Waals surface area contributed by atoms with Crippen molar-refractivity contribution in [2.75, 3.05) is 12.3 Å². The number of phenols is 1. The first-order valence-electron chi connectivity index (χ1n) is 6.04. The van der Waals surface area contributed by atoms with E-state index in [0.717, 1.165) is 0 Å². The van der Waals surface area contributed by atoms with Crippen molar-refractivity contribution >= 4 is 33.7 Å². The summed E-state index contributed by atoms with van der Waals surface area (Å²) in [7, 11) is 0. The second-order valence-corrected chi connectivity index (χ2v) is 4.21. The van der Waals surface area contributed by atoms with Crippen molar-refractivity contribution in [2.24, 2.45) is 0 Å². The lowest BCUT2D eigenvalue weighted by Gasteiger charge is -2.03. The summed E-state index contributed by atoms with van der Waals surface area (Å²) in [5, 5.41) is 10.5. The highest BCUT2D eigenvalue weighted by Gasteiger charge is 2.21. The maximum absolute atomic E-state index is 11.9. The van der Waals surface area contributed by atoms with Crippen LogP contribution < -0.4 is 5.73 Å². The van der Waals surface area contributed by atoms with Crippen LogP contribution in [0.1, 0.15) is 17.3 Å². The number of rotatable bonds is 2. The fourth-order valence-electron chi connectivity index (χ4n) is 2.20. The molecule has 0 radical (unpaired) electrons. The summed E-state index contributed by atoms with van der Waals surface area (Å²) in [4.78, 5) is 23.1. The van der Waals surface area contributed by atoms with Crippen LogP contribution in [0.3, 0.4) is 0 Å². The van der Waals surface area contributed by atoms with Crippen molar-refractivity contribution in [3.05, 3.63) is 24.0 Å². The number of hydrogen-bond donors (Lipinski definition) is 3. The Morgan fingerprint density at radius 3 is 2.80 bits per heavy atom. The molecular weight excluding hydrogens is 260 g/mol. The van der Waals surface area contributed by atoms with Gasteiger partial charge < -0.3 is 20.6 Å². The van der Waals surface area contributed by atoms with E-state index in [1.807, 2.05) is 0 Å². The van der Waals surface area contributed by atoms with Gasteiger partial charge in [-0.2, -0.15) is 0 Å². The van der Waals surface area contributed by atoms with Crippen LogP contribution in [0.4, 0.5) is 5.82 Å². The number of H-pyrrole nitrogens is 1. The summed E-state index contributed by atoms with van der Waals surface area (Å²) in [5.41, 5.74) is 7.38. The number of benzene rings is 1. The Kier molecular flexibility index (Phi) is 2.67. The smallest absolute Gasteiger partial charge is 0.342 e. The number of phenolic OH excluding ortho intramolecular Hbond substituents is 1. The molecule has 4 N–H and O–H groups in total.